The van der Waals surface area contributed by atoms with Crippen LogP contribution in [-0.4, -0.2) is 40.7 Å². The summed E-state index contributed by atoms with van der Waals surface area (Å²) in [6.07, 6.45) is 1.13. The Morgan fingerprint density at radius 3 is 2.30 bits per heavy atom. The average Bonchev–Trinajstić information content (AvgIpc) is 3.64. The molecule has 3 aromatic rings. The average molecular weight is 513 g/mol. The lowest BCUT2D eigenvalue weighted by Crippen LogP contribution is -2.33. The number of Topliss-reactive ketones (excluding diaryl/α,β-unsaturated/α-hetero) is 1. The highest BCUT2D eigenvalue weighted by Gasteiger charge is 2.51. The smallest absolute Gasteiger partial charge is 0.354 e. The van der Waals surface area contributed by atoms with Crippen LogP contribution in [0.3, 0.4) is 0 Å². The summed E-state index contributed by atoms with van der Waals surface area (Å²) in [6, 6.07) is 7.29. The molecule has 0 unspecified atom stereocenters. The number of aryl methyl sites for hydroxylation is 1. The summed E-state index contributed by atoms with van der Waals surface area (Å²) in [7, 11) is 3.60. The maximum Gasteiger partial charge on any atom is 0.418 e. The minimum Gasteiger partial charge on any atom is -0.354 e. The van der Waals surface area contributed by atoms with Crippen LogP contribution in [-0.2, 0) is 17.5 Å². The first kappa shape index (κ1) is 26.1. The molecule has 37 heavy (non-hydrogen) atoms. The van der Waals surface area contributed by atoms with E-state index in [4.69, 9.17) is 0 Å². The third-order valence-electron chi connectivity index (χ3n) is 6.21. The van der Waals surface area contributed by atoms with Crippen molar-refractivity contribution >= 4 is 29.0 Å². The van der Waals surface area contributed by atoms with Crippen LogP contribution < -0.4 is 15.5 Å². The standard InChI is InChI=1S/C26H27F3N6O2/c1-16-4-7-21(20(10-16)26(27,28)29)34-19-6-5-18(30-15-19)14-31-23(37)25(8-9-25)11-22(36)17-12-32-24(33-13-17)35(2)3/h4-7,10,12-13,15,34H,8-9,11,14H2,1-3H3,(H,31,37). The molecule has 0 aliphatic heterocycles. The lowest BCUT2D eigenvalue weighted by atomic mass is 9.96. The van der Waals surface area contributed by atoms with Gasteiger partial charge in [-0.3, -0.25) is 14.6 Å². The van der Waals surface area contributed by atoms with E-state index in [-0.39, 0.29) is 30.3 Å². The molecule has 1 amide bonds. The number of hydrogen-bond donors (Lipinski definition) is 2. The van der Waals surface area contributed by atoms with Crippen LogP contribution in [0.1, 0.15) is 46.4 Å². The molecule has 1 aliphatic carbocycles. The zero-order valence-corrected chi connectivity index (χ0v) is 20.7. The molecule has 11 heteroatoms. The first-order chi connectivity index (χ1) is 17.5. The molecule has 0 saturated heterocycles. The number of ketones is 1. The Balaban J connectivity index is 1.33. The Bertz CT molecular complexity index is 1290. The van der Waals surface area contributed by atoms with Gasteiger partial charge in [-0.25, -0.2) is 9.97 Å². The van der Waals surface area contributed by atoms with E-state index in [0.717, 1.165) is 6.07 Å². The highest BCUT2D eigenvalue weighted by Crippen LogP contribution is 2.49. The van der Waals surface area contributed by atoms with Gasteiger partial charge in [0.05, 0.1) is 46.4 Å². The molecule has 8 nitrogen and oxygen atoms in total. The van der Waals surface area contributed by atoms with Gasteiger partial charge < -0.3 is 15.5 Å². The van der Waals surface area contributed by atoms with E-state index in [1.807, 2.05) is 0 Å². The predicted molar refractivity (Wildman–Crippen MR) is 133 cm³/mol. The fourth-order valence-corrected chi connectivity index (χ4v) is 3.86. The molecule has 1 fully saturated rings. The zero-order valence-electron chi connectivity index (χ0n) is 20.7. The van der Waals surface area contributed by atoms with Crippen molar-refractivity contribution in [3.8, 4) is 0 Å². The van der Waals surface area contributed by atoms with E-state index in [1.165, 1.54) is 24.7 Å². The first-order valence-corrected chi connectivity index (χ1v) is 11.7. The highest BCUT2D eigenvalue weighted by molar-refractivity contribution is 6.00. The highest BCUT2D eigenvalue weighted by atomic mass is 19.4. The Morgan fingerprint density at radius 2 is 1.73 bits per heavy atom. The molecule has 1 aromatic carbocycles. The Hall–Kier alpha value is -4.02. The predicted octanol–water partition coefficient (Wildman–Crippen LogP) is 4.68. The number of rotatable bonds is 9. The van der Waals surface area contributed by atoms with E-state index in [9.17, 15) is 22.8 Å². The second kappa shape index (κ2) is 10.2. The molecule has 194 valence electrons. The van der Waals surface area contributed by atoms with Gasteiger partial charge in [-0.1, -0.05) is 11.6 Å². The number of pyridine rings is 1. The summed E-state index contributed by atoms with van der Waals surface area (Å²) < 4.78 is 40.1. The second-order valence-electron chi connectivity index (χ2n) is 9.44. The molecule has 0 radical (unpaired) electrons. The number of anilines is 3. The Labute approximate surface area is 212 Å². The number of nitrogens with one attached hydrogen (secondary N) is 2. The van der Waals surface area contributed by atoms with Gasteiger partial charge in [0.2, 0.25) is 11.9 Å². The summed E-state index contributed by atoms with van der Waals surface area (Å²) >= 11 is 0. The number of halogens is 3. The normalized spacial score (nSPS) is 14.1. The van der Waals surface area contributed by atoms with Gasteiger partial charge in [0.25, 0.3) is 0 Å². The van der Waals surface area contributed by atoms with E-state index in [2.05, 4.69) is 25.6 Å². The minimum atomic E-state index is -4.49. The molecule has 0 atom stereocenters. The number of carbonyl (C=O) groups is 2. The van der Waals surface area contributed by atoms with Crippen molar-refractivity contribution in [2.75, 3.05) is 24.3 Å². The summed E-state index contributed by atoms with van der Waals surface area (Å²) in [6.45, 7) is 1.73. The van der Waals surface area contributed by atoms with Crippen LogP contribution in [0.2, 0.25) is 0 Å². The number of aromatic nitrogens is 3. The molecule has 0 spiro atoms. The third-order valence-corrected chi connectivity index (χ3v) is 6.21. The van der Waals surface area contributed by atoms with Gasteiger partial charge in [-0.05, 0) is 44.0 Å². The molecular formula is C26H27F3N6O2. The maximum absolute atomic E-state index is 13.4. The van der Waals surface area contributed by atoms with Gasteiger partial charge in [0, 0.05) is 32.9 Å². The minimum absolute atomic E-state index is 0.0666. The topological polar surface area (TPSA) is 100 Å². The van der Waals surface area contributed by atoms with Crippen LogP contribution in [0.4, 0.5) is 30.5 Å². The van der Waals surface area contributed by atoms with Gasteiger partial charge in [0.15, 0.2) is 5.78 Å². The van der Waals surface area contributed by atoms with E-state index >= 15 is 0 Å². The van der Waals surface area contributed by atoms with Crippen LogP contribution >= 0.6 is 0 Å². The second-order valence-corrected chi connectivity index (χ2v) is 9.44. The number of alkyl halides is 3. The summed E-state index contributed by atoms with van der Waals surface area (Å²) in [5.74, 6) is 0.0646. The molecule has 2 N–H and O–H groups in total. The van der Waals surface area contributed by atoms with Crippen LogP contribution in [0.5, 0.6) is 0 Å². The van der Waals surface area contributed by atoms with Gasteiger partial charge in [-0.15, -0.1) is 0 Å². The fourth-order valence-electron chi connectivity index (χ4n) is 3.86. The maximum atomic E-state index is 13.4. The van der Waals surface area contributed by atoms with Crippen LogP contribution in [0.25, 0.3) is 0 Å². The largest absolute Gasteiger partial charge is 0.418 e. The number of benzene rings is 1. The van der Waals surface area contributed by atoms with Crippen molar-refractivity contribution in [2.45, 2.75) is 38.9 Å². The van der Waals surface area contributed by atoms with E-state index in [0.29, 0.717) is 41.3 Å². The fraction of sp³-hybridized carbons (Fsp3) is 0.346. The summed E-state index contributed by atoms with van der Waals surface area (Å²) in [4.78, 5) is 39.8. The van der Waals surface area contributed by atoms with Crippen molar-refractivity contribution in [1.82, 2.24) is 20.3 Å². The lowest BCUT2D eigenvalue weighted by molar-refractivity contribution is -0.137. The summed E-state index contributed by atoms with van der Waals surface area (Å²) in [5, 5.41) is 5.59. The molecule has 1 aliphatic rings. The van der Waals surface area contributed by atoms with Crippen LogP contribution in [0, 0.1) is 12.3 Å². The van der Waals surface area contributed by atoms with Crippen molar-refractivity contribution < 1.29 is 22.8 Å². The lowest BCUT2D eigenvalue weighted by Gasteiger charge is -2.16. The van der Waals surface area contributed by atoms with Crippen molar-refractivity contribution in [3.05, 3.63) is 71.3 Å². The van der Waals surface area contributed by atoms with Gasteiger partial charge >= 0.3 is 6.18 Å². The Kier molecular flexibility index (Phi) is 7.15. The Morgan fingerprint density at radius 1 is 1.03 bits per heavy atom. The van der Waals surface area contributed by atoms with Crippen molar-refractivity contribution in [3.63, 3.8) is 0 Å². The SMILES string of the molecule is Cc1ccc(Nc2ccc(CNC(=O)C3(CC(=O)c4cnc(N(C)C)nc4)CC3)nc2)c(C(F)(F)F)c1. The molecular weight excluding hydrogens is 485 g/mol. The van der Waals surface area contributed by atoms with Gasteiger partial charge in [-0.2, -0.15) is 13.2 Å². The number of amides is 1. The molecule has 2 aromatic heterocycles. The molecule has 1 saturated carbocycles. The number of carbonyl (C=O) groups excluding carboxylic acids is 2. The molecule has 2 heterocycles. The monoisotopic (exact) mass is 512 g/mol. The molecule has 4 rings (SSSR count). The number of nitrogens with zero attached hydrogens (tertiary/aromatic N) is 4. The first-order valence-electron chi connectivity index (χ1n) is 11.7. The van der Waals surface area contributed by atoms with Crippen LogP contribution in [0.15, 0.2) is 48.9 Å². The quantitative estimate of drug-likeness (QED) is 0.402. The number of hydrogen-bond acceptors (Lipinski definition) is 7. The van der Waals surface area contributed by atoms with E-state index in [1.54, 1.807) is 44.1 Å². The third kappa shape index (κ3) is 6.22. The van der Waals surface area contributed by atoms with Gasteiger partial charge in [0.1, 0.15) is 0 Å². The van der Waals surface area contributed by atoms with Crippen molar-refractivity contribution in [1.29, 1.82) is 0 Å². The summed E-state index contributed by atoms with van der Waals surface area (Å²) in [5.41, 5.74) is 0.212. The molecule has 0 bridgehead atoms. The zero-order chi connectivity index (χ0) is 26.8. The van der Waals surface area contributed by atoms with E-state index < -0.39 is 17.2 Å². The van der Waals surface area contributed by atoms with Crippen molar-refractivity contribution in [2.24, 2.45) is 5.41 Å².